The van der Waals surface area contributed by atoms with Crippen LogP contribution in [0.5, 0.6) is 0 Å². The van der Waals surface area contributed by atoms with E-state index in [0.717, 1.165) is 5.56 Å². The van der Waals surface area contributed by atoms with Crippen LogP contribution >= 0.6 is 23.2 Å². The van der Waals surface area contributed by atoms with Gasteiger partial charge >= 0.3 is 0 Å². The van der Waals surface area contributed by atoms with Crippen molar-refractivity contribution in [3.63, 3.8) is 0 Å². The third-order valence-electron chi connectivity index (χ3n) is 2.64. The molecule has 0 radical (unpaired) electrons. The molecule has 0 saturated heterocycles. The van der Waals surface area contributed by atoms with Crippen LogP contribution in [0.3, 0.4) is 0 Å². The second-order valence-corrected chi connectivity index (χ2v) is 5.02. The van der Waals surface area contributed by atoms with Crippen LogP contribution in [0.1, 0.15) is 21.5 Å². The van der Waals surface area contributed by atoms with Gasteiger partial charge in [-0.25, -0.2) is 5.43 Å². The third-order valence-corrected chi connectivity index (χ3v) is 3.30. The average Bonchev–Trinajstić information content (AvgIpc) is 2.42. The Labute approximate surface area is 127 Å². The molecule has 20 heavy (non-hydrogen) atoms. The Morgan fingerprint density at radius 2 is 1.80 bits per heavy atom. The zero-order chi connectivity index (χ0) is 14.5. The average molecular weight is 307 g/mol. The first-order chi connectivity index (χ1) is 9.58. The molecule has 0 saturated carbocycles. The van der Waals surface area contributed by atoms with Gasteiger partial charge in [-0.3, -0.25) is 4.79 Å². The zero-order valence-corrected chi connectivity index (χ0v) is 12.2. The van der Waals surface area contributed by atoms with Gasteiger partial charge in [-0.1, -0.05) is 47.0 Å². The molecule has 2 rings (SSSR count). The fraction of sp³-hybridized carbons (Fsp3) is 0.0667. The lowest BCUT2D eigenvalue weighted by atomic mass is 10.1. The summed E-state index contributed by atoms with van der Waals surface area (Å²) in [6.07, 6.45) is 1.43. The smallest absolute Gasteiger partial charge is 0.267 e. The van der Waals surface area contributed by atoms with E-state index in [1.54, 1.807) is 30.3 Å². The highest BCUT2D eigenvalue weighted by Crippen LogP contribution is 2.21. The summed E-state index contributed by atoms with van der Waals surface area (Å²) in [5.74, 6) is -0.284. The van der Waals surface area contributed by atoms with E-state index in [9.17, 15) is 4.79 Å². The summed E-state index contributed by atoms with van der Waals surface area (Å²) in [5.41, 5.74) is 4.57. The van der Waals surface area contributed by atoms with Gasteiger partial charge in [0, 0.05) is 11.1 Å². The summed E-state index contributed by atoms with van der Waals surface area (Å²) in [5, 5.41) is 4.83. The second-order valence-electron chi connectivity index (χ2n) is 4.20. The van der Waals surface area contributed by atoms with Gasteiger partial charge in [-0.05, 0) is 31.2 Å². The molecule has 0 aliphatic rings. The molecule has 1 amide bonds. The molecular weight excluding hydrogens is 295 g/mol. The van der Waals surface area contributed by atoms with Crippen molar-refractivity contribution >= 4 is 35.3 Å². The maximum Gasteiger partial charge on any atom is 0.271 e. The molecule has 1 N–H and O–H groups in total. The summed E-state index contributed by atoms with van der Waals surface area (Å²) in [6.45, 7) is 1.92. The van der Waals surface area contributed by atoms with E-state index >= 15 is 0 Å². The van der Waals surface area contributed by atoms with Crippen LogP contribution in [0.2, 0.25) is 10.0 Å². The maximum absolute atomic E-state index is 11.9. The Bertz CT molecular complexity index is 648. The molecule has 0 aliphatic carbocycles. The zero-order valence-electron chi connectivity index (χ0n) is 10.7. The van der Waals surface area contributed by atoms with Crippen molar-refractivity contribution in [2.75, 3.05) is 0 Å². The van der Waals surface area contributed by atoms with Crippen LogP contribution in [0, 0.1) is 6.92 Å². The lowest BCUT2D eigenvalue weighted by Crippen LogP contribution is -2.17. The molecular formula is C15H12Cl2N2O. The van der Waals surface area contributed by atoms with Crippen LogP contribution in [0.25, 0.3) is 0 Å². The van der Waals surface area contributed by atoms with Crippen molar-refractivity contribution in [1.82, 2.24) is 5.43 Å². The molecule has 0 atom stereocenters. The lowest BCUT2D eigenvalue weighted by Gasteiger charge is -2.02. The van der Waals surface area contributed by atoms with E-state index in [2.05, 4.69) is 10.5 Å². The quantitative estimate of drug-likeness (QED) is 0.674. The van der Waals surface area contributed by atoms with Gasteiger partial charge in [0.05, 0.1) is 16.3 Å². The summed E-state index contributed by atoms with van der Waals surface area (Å²) < 4.78 is 0. The predicted octanol–water partition coefficient (Wildman–Crippen LogP) is 4.07. The number of benzene rings is 2. The maximum atomic E-state index is 11.9. The first-order valence-electron chi connectivity index (χ1n) is 5.92. The van der Waals surface area contributed by atoms with E-state index in [1.807, 2.05) is 19.1 Å². The molecule has 2 aromatic rings. The molecule has 5 heteroatoms. The Hall–Kier alpha value is -1.84. The van der Waals surface area contributed by atoms with E-state index in [-0.39, 0.29) is 5.91 Å². The molecule has 0 spiro atoms. The summed E-state index contributed by atoms with van der Waals surface area (Å²) >= 11 is 12.0. The number of hydrogen-bond acceptors (Lipinski definition) is 2. The topological polar surface area (TPSA) is 41.5 Å². The number of amides is 1. The van der Waals surface area contributed by atoms with Gasteiger partial charge in [0.2, 0.25) is 0 Å². The molecule has 0 aromatic heterocycles. The number of carbonyl (C=O) groups is 1. The number of nitrogens with zero attached hydrogens (tertiary/aromatic N) is 1. The van der Waals surface area contributed by atoms with E-state index < -0.39 is 0 Å². The Morgan fingerprint density at radius 1 is 1.15 bits per heavy atom. The fourth-order valence-corrected chi connectivity index (χ4v) is 2.14. The first kappa shape index (κ1) is 14.6. The molecule has 0 unspecified atom stereocenters. The van der Waals surface area contributed by atoms with Gasteiger partial charge in [-0.15, -0.1) is 0 Å². The minimum absolute atomic E-state index is 0.284. The van der Waals surface area contributed by atoms with Crippen molar-refractivity contribution in [1.29, 1.82) is 0 Å². The minimum atomic E-state index is -0.284. The van der Waals surface area contributed by atoms with Crippen molar-refractivity contribution in [2.24, 2.45) is 5.10 Å². The predicted molar refractivity (Wildman–Crippen MR) is 82.7 cm³/mol. The minimum Gasteiger partial charge on any atom is -0.267 e. The number of carbonyl (C=O) groups excluding carboxylic acids is 1. The molecule has 0 fully saturated rings. The lowest BCUT2D eigenvalue weighted by molar-refractivity contribution is 0.0955. The van der Waals surface area contributed by atoms with Crippen LogP contribution in [0.15, 0.2) is 47.6 Å². The molecule has 0 bridgehead atoms. The van der Waals surface area contributed by atoms with Crippen LogP contribution in [-0.2, 0) is 0 Å². The van der Waals surface area contributed by atoms with Gasteiger partial charge in [-0.2, -0.15) is 5.10 Å². The molecule has 0 aliphatic heterocycles. The normalized spacial score (nSPS) is 10.8. The van der Waals surface area contributed by atoms with Crippen molar-refractivity contribution < 1.29 is 4.79 Å². The summed E-state index contributed by atoms with van der Waals surface area (Å²) in [6, 6.07) is 12.4. The van der Waals surface area contributed by atoms with Crippen molar-refractivity contribution in [3.8, 4) is 0 Å². The number of aryl methyl sites for hydroxylation is 1. The number of hydrogen-bond donors (Lipinski definition) is 1. The SMILES string of the molecule is Cc1cccc(C(=O)N/N=C\c2c(Cl)cccc2Cl)c1. The third kappa shape index (κ3) is 3.59. The highest BCUT2D eigenvalue weighted by atomic mass is 35.5. The number of hydrazone groups is 1. The molecule has 102 valence electrons. The monoisotopic (exact) mass is 306 g/mol. The van der Waals surface area contributed by atoms with Gasteiger partial charge in [0.25, 0.3) is 5.91 Å². The van der Waals surface area contributed by atoms with E-state index in [0.29, 0.717) is 21.2 Å². The highest BCUT2D eigenvalue weighted by Gasteiger charge is 2.05. The van der Waals surface area contributed by atoms with E-state index in [4.69, 9.17) is 23.2 Å². The first-order valence-corrected chi connectivity index (χ1v) is 6.67. The van der Waals surface area contributed by atoms with Gasteiger partial charge in [0.1, 0.15) is 0 Å². The standard InChI is InChI=1S/C15H12Cl2N2O/c1-10-4-2-5-11(8-10)15(20)19-18-9-12-13(16)6-3-7-14(12)17/h2-9H,1H3,(H,19,20)/b18-9-. The van der Waals surface area contributed by atoms with Crippen LogP contribution < -0.4 is 5.43 Å². The molecule has 0 heterocycles. The Kier molecular flexibility index (Phi) is 4.77. The highest BCUT2D eigenvalue weighted by molar-refractivity contribution is 6.38. The second kappa shape index (κ2) is 6.55. The fourth-order valence-electron chi connectivity index (χ4n) is 1.64. The van der Waals surface area contributed by atoms with E-state index in [1.165, 1.54) is 6.21 Å². The largest absolute Gasteiger partial charge is 0.271 e. The van der Waals surface area contributed by atoms with Crippen molar-refractivity contribution in [2.45, 2.75) is 6.92 Å². The summed E-state index contributed by atoms with van der Waals surface area (Å²) in [4.78, 5) is 11.9. The molecule has 3 nitrogen and oxygen atoms in total. The van der Waals surface area contributed by atoms with Crippen LogP contribution in [-0.4, -0.2) is 12.1 Å². The van der Waals surface area contributed by atoms with Crippen molar-refractivity contribution in [3.05, 3.63) is 69.2 Å². The Balaban J connectivity index is 2.09. The van der Waals surface area contributed by atoms with Gasteiger partial charge in [0.15, 0.2) is 0 Å². The molecule has 2 aromatic carbocycles. The number of halogens is 2. The number of rotatable bonds is 3. The number of nitrogens with one attached hydrogen (secondary N) is 1. The van der Waals surface area contributed by atoms with Gasteiger partial charge < -0.3 is 0 Å². The summed E-state index contributed by atoms with van der Waals surface area (Å²) in [7, 11) is 0. The van der Waals surface area contributed by atoms with Crippen LogP contribution in [0.4, 0.5) is 0 Å². The Morgan fingerprint density at radius 3 is 2.45 bits per heavy atom.